The largest absolute Gasteiger partial charge is 0.0622 e. The van der Waals surface area contributed by atoms with Gasteiger partial charge in [-0.2, -0.15) is 0 Å². The minimum Gasteiger partial charge on any atom is -0.0622 e. The SMILES string of the molecule is CC(C)(C)c1cc(-c2c3c(c(-c4cc(C(C)(C)C)cc(C(C)(C)C)c4)c4cc5ccccc5cc24)-c2ccc4c5ccc6c7c(ccc(c8ccc-3c2c84)c57)c2c(-c3ccccc3)c3cccc4c5ccccc5c(c34)c62)cc(C(C)(C)C)c1.[B][B]. The highest BCUT2D eigenvalue weighted by molar-refractivity contribution is 6.75. The third kappa shape index (κ3) is 7.26. The van der Waals surface area contributed by atoms with Gasteiger partial charge in [0, 0.05) is 15.5 Å². The van der Waals surface area contributed by atoms with Crippen molar-refractivity contribution in [1.82, 2.24) is 0 Å². The fourth-order valence-electron chi connectivity index (χ4n) is 15.7. The monoisotopic (exact) mass is 1100 g/mol. The molecule has 16 aromatic carbocycles. The molecule has 0 saturated carbocycles. The predicted octanol–water partition coefficient (Wildman–Crippen LogP) is 23.8. The van der Waals surface area contributed by atoms with Crippen molar-refractivity contribution in [2.75, 3.05) is 0 Å². The van der Waals surface area contributed by atoms with Gasteiger partial charge < -0.3 is 0 Å². The topological polar surface area (TPSA) is 0 Å². The second-order valence-corrected chi connectivity index (χ2v) is 29.1. The highest BCUT2D eigenvalue weighted by Gasteiger charge is 2.36. The summed E-state index contributed by atoms with van der Waals surface area (Å²) in [6, 6.07) is 76.7. The molecule has 1 aliphatic rings. The normalized spacial score (nSPS) is 13.2. The summed E-state index contributed by atoms with van der Waals surface area (Å²) < 4.78 is 0. The first-order valence-electron chi connectivity index (χ1n) is 30.9. The van der Waals surface area contributed by atoms with Crippen molar-refractivity contribution in [2.45, 2.75) is 105 Å². The Bertz CT molecular complexity index is 5290. The molecule has 1 aliphatic carbocycles. The first kappa shape index (κ1) is 52.8. The lowest BCUT2D eigenvalue weighted by atomic mass is 9.75. The highest BCUT2D eigenvalue weighted by atomic mass is 14.4. The van der Waals surface area contributed by atoms with Crippen LogP contribution in [0.25, 0.3) is 174 Å². The zero-order chi connectivity index (χ0) is 59.4. The smallest absolute Gasteiger partial charge is 0 e. The van der Waals surface area contributed by atoms with Crippen molar-refractivity contribution in [1.29, 1.82) is 0 Å². The molecule has 410 valence electrons. The summed E-state index contributed by atoms with van der Waals surface area (Å²) in [6.45, 7) is 28.5. The Morgan fingerprint density at radius 1 is 0.209 bits per heavy atom. The molecule has 0 unspecified atom stereocenters. The van der Waals surface area contributed by atoms with Crippen molar-refractivity contribution < 1.29 is 0 Å². The molecule has 0 nitrogen and oxygen atoms in total. The van der Waals surface area contributed by atoms with Crippen LogP contribution in [0.3, 0.4) is 0 Å². The quantitative estimate of drug-likeness (QED) is 0.0940. The summed E-state index contributed by atoms with van der Waals surface area (Å²) in [7, 11) is 8.00. The van der Waals surface area contributed by atoms with Gasteiger partial charge in [-0.3, -0.25) is 0 Å². The zero-order valence-electron chi connectivity index (χ0n) is 51.6. The van der Waals surface area contributed by atoms with Crippen LogP contribution in [0.5, 0.6) is 0 Å². The van der Waals surface area contributed by atoms with E-state index in [0.29, 0.717) is 0 Å². The van der Waals surface area contributed by atoms with Crippen LogP contribution in [-0.4, -0.2) is 15.5 Å². The first-order chi connectivity index (χ1) is 41.2. The molecular weight excluding hydrogens is 1030 g/mol. The Labute approximate surface area is 507 Å². The standard InChI is InChI=1S/C84H68.B2/c1-81(2,3)50-37-48(38-51(43-50)82(4,5)6)69-66-41-46-23-16-17-24-47(46)42-67(66)70(49-39-52(83(7,8)9)44-53(40-49)84(10,11)12)79-64-35-31-58-60-32-36-65-75-62(33-29-59(72(60)75)57-30-34-63(78(69)79)74(64)71(57)58)77-68(45-21-14-13-15-22-45)61-28-20-27-55-54-25-18-19-26-56(54)76(73(55)61)80(65)77;1-2/h13-44H,1-12H3;. The molecule has 0 aliphatic heterocycles. The van der Waals surface area contributed by atoms with E-state index >= 15 is 0 Å². The van der Waals surface area contributed by atoms with E-state index in [4.69, 9.17) is 0 Å². The summed E-state index contributed by atoms with van der Waals surface area (Å²) in [5.41, 5.74) is 18.4. The average Bonchev–Trinajstić information content (AvgIpc) is 1.49. The molecule has 17 rings (SSSR count). The maximum Gasteiger partial charge on any atom is 0 e. The zero-order valence-corrected chi connectivity index (χ0v) is 51.6. The fourth-order valence-corrected chi connectivity index (χ4v) is 15.7. The Kier molecular flexibility index (Phi) is 11.0. The molecule has 16 aromatic rings. The van der Waals surface area contributed by atoms with E-state index in [2.05, 4.69) is 293 Å². The van der Waals surface area contributed by atoms with Gasteiger partial charge in [-0.05, 0) is 230 Å². The summed E-state index contributed by atoms with van der Waals surface area (Å²) in [5.74, 6) is 0. The second kappa shape index (κ2) is 17.9. The number of rotatable bonds is 3. The van der Waals surface area contributed by atoms with Crippen LogP contribution in [0.15, 0.2) is 194 Å². The van der Waals surface area contributed by atoms with Gasteiger partial charge in [-0.15, -0.1) is 0 Å². The summed E-state index contributed by atoms with van der Waals surface area (Å²) in [5, 5.41) is 29.4. The summed E-state index contributed by atoms with van der Waals surface area (Å²) in [6.07, 6.45) is 0. The van der Waals surface area contributed by atoms with E-state index in [9.17, 15) is 0 Å². The molecule has 2 heteroatoms. The molecule has 0 bridgehead atoms. The molecule has 4 radical (unpaired) electrons. The minimum atomic E-state index is -0.0686. The summed E-state index contributed by atoms with van der Waals surface area (Å²) >= 11 is 0. The van der Waals surface area contributed by atoms with Crippen molar-refractivity contribution in [2.24, 2.45) is 0 Å². The van der Waals surface area contributed by atoms with Gasteiger partial charge in [0.25, 0.3) is 0 Å². The fraction of sp³-hybridized carbons (Fsp3) is 0.190. The van der Waals surface area contributed by atoms with E-state index < -0.39 is 0 Å². The molecule has 0 spiro atoms. The third-order valence-corrected chi connectivity index (χ3v) is 19.9. The first-order valence-corrected chi connectivity index (χ1v) is 30.9. The highest BCUT2D eigenvalue weighted by Crippen LogP contribution is 2.62. The maximum absolute atomic E-state index is 4.00. The van der Waals surface area contributed by atoms with Crippen molar-refractivity contribution in [3.63, 3.8) is 0 Å². The van der Waals surface area contributed by atoms with Gasteiger partial charge in [0.2, 0.25) is 0 Å². The molecule has 0 atom stereocenters. The molecule has 0 heterocycles. The van der Waals surface area contributed by atoms with Crippen LogP contribution >= 0.6 is 0 Å². The number of fused-ring (bicyclic) bond motifs is 14. The average molecular weight is 1100 g/mol. The Balaban J connectivity index is 0.00000297. The van der Waals surface area contributed by atoms with Gasteiger partial charge in [0.15, 0.2) is 0 Å². The lowest BCUT2D eigenvalue weighted by Gasteiger charge is -2.29. The van der Waals surface area contributed by atoms with E-state index in [1.807, 2.05) is 0 Å². The molecule has 86 heavy (non-hydrogen) atoms. The van der Waals surface area contributed by atoms with E-state index in [1.54, 1.807) is 0 Å². The van der Waals surface area contributed by atoms with E-state index in [-0.39, 0.29) is 21.7 Å². The van der Waals surface area contributed by atoms with Gasteiger partial charge in [-0.25, -0.2) is 0 Å². The van der Waals surface area contributed by atoms with Crippen LogP contribution in [0, 0.1) is 0 Å². The lowest BCUT2D eigenvalue weighted by molar-refractivity contribution is 0.568. The van der Waals surface area contributed by atoms with E-state index in [1.165, 1.54) is 196 Å². The van der Waals surface area contributed by atoms with Crippen LogP contribution in [-0.2, 0) is 21.7 Å². The minimum absolute atomic E-state index is 0.0686. The Morgan fingerprint density at radius 2 is 0.547 bits per heavy atom. The molecule has 0 saturated heterocycles. The van der Waals surface area contributed by atoms with Gasteiger partial charge in [0.05, 0.1) is 0 Å². The van der Waals surface area contributed by atoms with Gasteiger partial charge in [0.1, 0.15) is 0 Å². The Morgan fingerprint density at radius 3 is 1.03 bits per heavy atom. The van der Waals surface area contributed by atoms with Gasteiger partial charge >= 0.3 is 0 Å². The van der Waals surface area contributed by atoms with Crippen LogP contribution in [0.4, 0.5) is 0 Å². The third-order valence-electron chi connectivity index (χ3n) is 19.9. The number of hydrogen-bond donors (Lipinski definition) is 0. The number of hydrogen-bond acceptors (Lipinski definition) is 0. The predicted molar refractivity (Wildman–Crippen MR) is 380 cm³/mol. The van der Waals surface area contributed by atoms with Crippen molar-refractivity contribution in [3.8, 4) is 55.6 Å². The summed E-state index contributed by atoms with van der Waals surface area (Å²) in [4.78, 5) is 0. The van der Waals surface area contributed by atoms with Crippen molar-refractivity contribution >= 4 is 134 Å². The van der Waals surface area contributed by atoms with Crippen LogP contribution in [0.2, 0.25) is 0 Å². The molecule has 0 N–H and O–H groups in total. The van der Waals surface area contributed by atoms with Gasteiger partial charge in [-0.1, -0.05) is 265 Å². The maximum atomic E-state index is 4.00. The number of benzene rings is 14. The second-order valence-electron chi connectivity index (χ2n) is 29.1. The van der Waals surface area contributed by atoms with Crippen LogP contribution < -0.4 is 0 Å². The van der Waals surface area contributed by atoms with Crippen molar-refractivity contribution in [3.05, 3.63) is 216 Å². The molecule has 0 aromatic heterocycles. The van der Waals surface area contributed by atoms with E-state index in [0.717, 1.165) is 0 Å². The van der Waals surface area contributed by atoms with Crippen LogP contribution in [0.1, 0.15) is 105 Å². The molecule has 0 fully saturated rings. The lowest BCUT2D eigenvalue weighted by Crippen LogP contribution is -2.17. The Hall–Kier alpha value is -8.71. The molecular formula is C84H68B2. The molecule has 0 amide bonds.